The average molecular weight is 286 g/mol. The molecule has 0 aliphatic heterocycles. The summed E-state index contributed by atoms with van der Waals surface area (Å²) < 4.78 is 35.7. The number of ether oxygens (including phenoxy) is 2. The summed E-state index contributed by atoms with van der Waals surface area (Å²) in [6.07, 6.45) is 0. The minimum absolute atomic E-state index is 0.115. The van der Waals surface area contributed by atoms with Crippen LogP contribution in [0.4, 0.5) is 8.78 Å². The minimum Gasteiger partial charge on any atom is -0.486 e. The van der Waals surface area contributed by atoms with Crippen LogP contribution in [0.25, 0.3) is 0 Å². The van der Waals surface area contributed by atoms with Gasteiger partial charge in [-0.25, -0.2) is 8.78 Å². The number of hydrogen-bond acceptors (Lipinski definition) is 4. The van der Waals surface area contributed by atoms with E-state index >= 15 is 0 Å². The molecule has 0 saturated heterocycles. The fourth-order valence-electron chi connectivity index (χ4n) is 1.37. The van der Waals surface area contributed by atoms with Gasteiger partial charge >= 0.3 is 5.97 Å². The van der Waals surface area contributed by atoms with Crippen molar-refractivity contribution in [2.45, 2.75) is 20.8 Å². The van der Waals surface area contributed by atoms with Crippen LogP contribution >= 0.6 is 0 Å². The monoisotopic (exact) mass is 286 g/mol. The zero-order valence-electron chi connectivity index (χ0n) is 11.5. The first-order valence-corrected chi connectivity index (χ1v) is 6.06. The van der Waals surface area contributed by atoms with Crippen LogP contribution in [-0.4, -0.2) is 25.0 Å². The molecule has 6 heteroatoms. The average Bonchev–Trinajstić information content (AvgIpc) is 2.34. The Morgan fingerprint density at radius 3 is 2.20 bits per heavy atom. The quantitative estimate of drug-likeness (QED) is 0.595. The topological polar surface area (TPSA) is 52.6 Å². The Bertz CT molecular complexity index is 492. The van der Waals surface area contributed by atoms with Gasteiger partial charge in [0, 0.05) is 18.2 Å². The second-order valence-corrected chi connectivity index (χ2v) is 4.66. The zero-order chi connectivity index (χ0) is 15.3. The van der Waals surface area contributed by atoms with Crippen LogP contribution in [0.3, 0.4) is 0 Å². The summed E-state index contributed by atoms with van der Waals surface area (Å²) in [6, 6.07) is 2.60. The molecule has 0 heterocycles. The molecular weight excluding hydrogens is 270 g/mol. The Morgan fingerprint density at radius 2 is 1.70 bits per heavy atom. The van der Waals surface area contributed by atoms with Gasteiger partial charge in [0.25, 0.3) is 0 Å². The fourth-order valence-corrected chi connectivity index (χ4v) is 1.37. The van der Waals surface area contributed by atoms with Crippen molar-refractivity contribution in [1.29, 1.82) is 0 Å². The van der Waals surface area contributed by atoms with E-state index in [1.54, 1.807) is 6.92 Å². The first kappa shape index (κ1) is 16.1. The van der Waals surface area contributed by atoms with Gasteiger partial charge in [0.1, 0.15) is 29.4 Å². The van der Waals surface area contributed by atoms with Crippen LogP contribution in [-0.2, 0) is 14.3 Å². The lowest BCUT2D eigenvalue weighted by Gasteiger charge is -2.20. The summed E-state index contributed by atoms with van der Waals surface area (Å²) in [5.74, 6) is -2.94. The van der Waals surface area contributed by atoms with E-state index in [2.05, 4.69) is 0 Å². The molecule has 1 aromatic carbocycles. The van der Waals surface area contributed by atoms with Gasteiger partial charge in [0.05, 0.1) is 6.61 Å². The maximum absolute atomic E-state index is 12.9. The fraction of sp³-hybridized carbons (Fsp3) is 0.429. The molecular formula is C14H16F2O4. The van der Waals surface area contributed by atoms with Crippen molar-refractivity contribution in [1.82, 2.24) is 0 Å². The molecule has 0 radical (unpaired) electrons. The lowest BCUT2D eigenvalue weighted by molar-refractivity contribution is -0.158. The second kappa shape index (κ2) is 6.45. The Kier molecular flexibility index (Phi) is 5.19. The van der Waals surface area contributed by atoms with Gasteiger partial charge in [0.2, 0.25) is 0 Å². The smallest absolute Gasteiger partial charge is 0.319 e. The molecule has 1 aromatic rings. The number of halogens is 2. The van der Waals surface area contributed by atoms with Gasteiger partial charge in [-0.3, -0.25) is 9.59 Å². The molecule has 0 unspecified atom stereocenters. The number of hydrogen-bond donors (Lipinski definition) is 0. The highest BCUT2D eigenvalue weighted by Gasteiger charge is 2.37. The molecule has 0 amide bonds. The lowest BCUT2D eigenvalue weighted by Crippen LogP contribution is -2.38. The Balaban J connectivity index is 2.69. The number of carbonyl (C=O) groups excluding carboxylic acids is 2. The largest absolute Gasteiger partial charge is 0.486 e. The van der Waals surface area contributed by atoms with E-state index in [9.17, 15) is 18.4 Å². The molecule has 0 saturated carbocycles. The van der Waals surface area contributed by atoms with E-state index in [0.29, 0.717) is 6.07 Å². The molecule has 1 rings (SSSR count). The molecule has 0 aromatic heterocycles. The van der Waals surface area contributed by atoms with Gasteiger partial charge in [-0.2, -0.15) is 0 Å². The third-order valence-corrected chi connectivity index (χ3v) is 2.69. The second-order valence-electron chi connectivity index (χ2n) is 4.66. The lowest BCUT2D eigenvalue weighted by atomic mass is 9.88. The van der Waals surface area contributed by atoms with Crippen molar-refractivity contribution in [3.8, 4) is 5.75 Å². The molecule has 0 aliphatic carbocycles. The molecule has 4 nitrogen and oxygen atoms in total. The van der Waals surface area contributed by atoms with Gasteiger partial charge in [0.15, 0.2) is 5.78 Å². The number of rotatable bonds is 6. The van der Waals surface area contributed by atoms with Crippen LogP contribution in [0.15, 0.2) is 18.2 Å². The van der Waals surface area contributed by atoms with Crippen molar-refractivity contribution >= 4 is 11.8 Å². The van der Waals surface area contributed by atoms with E-state index in [1.165, 1.54) is 13.8 Å². The van der Waals surface area contributed by atoms with Crippen LogP contribution in [0.2, 0.25) is 0 Å². The summed E-state index contributed by atoms with van der Waals surface area (Å²) in [7, 11) is 0. The summed E-state index contributed by atoms with van der Waals surface area (Å²) in [6.45, 7) is 4.12. The van der Waals surface area contributed by atoms with Gasteiger partial charge in [-0.05, 0) is 20.8 Å². The minimum atomic E-state index is -1.37. The van der Waals surface area contributed by atoms with Crippen molar-refractivity contribution in [3.63, 3.8) is 0 Å². The number of Topliss-reactive ketones (excluding diaryl/α,β-unsaturated/α-hetero) is 1. The summed E-state index contributed by atoms with van der Waals surface area (Å²) >= 11 is 0. The van der Waals surface area contributed by atoms with Crippen molar-refractivity contribution in [2.75, 3.05) is 13.2 Å². The zero-order valence-corrected chi connectivity index (χ0v) is 11.5. The third-order valence-electron chi connectivity index (χ3n) is 2.69. The molecule has 0 N–H and O–H groups in total. The van der Waals surface area contributed by atoms with Crippen molar-refractivity contribution in [3.05, 3.63) is 29.8 Å². The van der Waals surface area contributed by atoms with E-state index in [4.69, 9.17) is 9.47 Å². The first-order valence-electron chi connectivity index (χ1n) is 6.06. The highest BCUT2D eigenvalue weighted by molar-refractivity contribution is 6.03. The summed E-state index contributed by atoms with van der Waals surface area (Å²) in [5, 5.41) is 0. The number of ketones is 1. The summed E-state index contributed by atoms with van der Waals surface area (Å²) in [4.78, 5) is 23.5. The number of benzene rings is 1. The van der Waals surface area contributed by atoms with Gasteiger partial charge < -0.3 is 9.47 Å². The molecule has 0 atom stereocenters. The van der Waals surface area contributed by atoms with Gasteiger partial charge in [-0.15, -0.1) is 0 Å². The molecule has 20 heavy (non-hydrogen) atoms. The highest BCUT2D eigenvalue weighted by Crippen LogP contribution is 2.21. The van der Waals surface area contributed by atoms with Crippen molar-refractivity contribution in [2.24, 2.45) is 5.41 Å². The van der Waals surface area contributed by atoms with E-state index < -0.39 is 35.4 Å². The first-order chi connectivity index (χ1) is 9.27. The molecule has 0 aliphatic rings. The number of esters is 1. The van der Waals surface area contributed by atoms with E-state index in [1.807, 2.05) is 0 Å². The predicted octanol–water partition coefficient (Wildman–Crippen LogP) is 2.50. The summed E-state index contributed by atoms with van der Waals surface area (Å²) in [5.41, 5.74) is -1.37. The van der Waals surface area contributed by atoms with Crippen LogP contribution in [0.5, 0.6) is 5.75 Å². The van der Waals surface area contributed by atoms with Gasteiger partial charge in [-0.1, -0.05) is 0 Å². The Morgan fingerprint density at radius 1 is 1.15 bits per heavy atom. The number of carbonyl (C=O) groups is 2. The standard InChI is InChI=1S/C14H16F2O4/c1-4-19-13(18)14(2,3)12(17)8-20-11-6-9(15)5-10(16)7-11/h5-7H,4,8H2,1-3H3. The van der Waals surface area contributed by atoms with E-state index in [0.717, 1.165) is 12.1 Å². The van der Waals surface area contributed by atoms with Crippen LogP contribution in [0, 0.1) is 17.0 Å². The van der Waals surface area contributed by atoms with Crippen LogP contribution in [0.1, 0.15) is 20.8 Å². The Hall–Kier alpha value is -1.98. The molecule has 0 spiro atoms. The molecule has 0 bridgehead atoms. The highest BCUT2D eigenvalue weighted by atomic mass is 19.1. The predicted molar refractivity (Wildman–Crippen MR) is 67.3 cm³/mol. The van der Waals surface area contributed by atoms with Crippen molar-refractivity contribution < 1.29 is 27.8 Å². The SMILES string of the molecule is CCOC(=O)C(C)(C)C(=O)COc1cc(F)cc(F)c1. The third kappa shape index (κ3) is 4.01. The van der Waals surface area contributed by atoms with E-state index in [-0.39, 0.29) is 12.4 Å². The Labute approximate surface area is 115 Å². The maximum atomic E-state index is 12.9. The normalized spacial score (nSPS) is 11.1. The molecule has 0 fully saturated rings. The van der Waals surface area contributed by atoms with Crippen LogP contribution < -0.4 is 4.74 Å². The molecule has 110 valence electrons. The maximum Gasteiger partial charge on any atom is 0.319 e.